The second kappa shape index (κ2) is 5.19. The number of fused-ring (bicyclic) bond motifs is 1. The Balaban J connectivity index is 1.73. The molecule has 108 valence electrons. The molecule has 0 bridgehead atoms. The average molecular weight is 274 g/mol. The van der Waals surface area contributed by atoms with Crippen LogP contribution in [-0.4, -0.2) is 37.7 Å². The number of aryl methyl sites for hydroxylation is 2. The van der Waals surface area contributed by atoms with E-state index in [1.807, 2.05) is 11.8 Å². The summed E-state index contributed by atoms with van der Waals surface area (Å²) in [5.74, 6) is 0.0772. The van der Waals surface area contributed by atoms with Crippen molar-refractivity contribution in [3.05, 3.63) is 29.3 Å². The molecule has 4 heteroatoms. The van der Waals surface area contributed by atoms with Crippen molar-refractivity contribution in [3.63, 3.8) is 0 Å². The molecule has 0 radical (unpaired) electrons. The van der Waals surface area contributed by atoms with Crippen LogP contribution in [-0.2, 0) is 16.0 Å². The third-order valence-corrected chi connectivity index (χ3v) is 4.26. The first-order chi connectivity index (χ1) is 9.59. The molecule has 0 saturated carbocycles. The van der Waals surface area contributed by atoms with Crippen molar-refractivity contribution in [1.29, 1.82) is 0 Å². The summed E-state index contributed by atoms with van der Waals surface area (Å²) in [5, 5.41) is 3.18. The zero-order valence-electron chi connectivity index (χ0n) is 12.2. The van der Waals surface area contributed by atoms with Gasteiger partial charge in [-0.1, -0.05) is 18.2 Å². The minimum absolute atomic E-state index is 0.0772. The normalized spacial score (nSPS) is 20.2. The third kappa shape index (κ3) is 2.45. The Bertz CT molecular complexity index is 523. The van der Waals surface area contributed by atoms with E-state index in [4.69, 9.17) is 4.74 Å². The molecule has 4 nitrogen and oxygen atoms in total. The molecule has 0 spiro atoms. The van der Waals surface area contributed by atoms with Crippen molar-refractivity contribution in [2.24, 2.45) is 0 Å². The van der Waals surface area contributed by atoms with Crippen LogP contribution in [0.1, 0.15) is 24.5 Å². The molecule has 0 atom stereocenters. The number of amides is 1. The molecule has 2 heterocycles. The van der Waals surface area contributed by atoms with Gasteiger partial charge in [0, 0.05) is 25.3 Å². The van der Waals surface area contributed by atoms with Gasteiger partial charge < -0.3 is 15.0 Å². The van der Waals surface area contributed by atoms with Gasteiger partial charge in [0.25, 0.3) is 5.91 Å². The molecule has 1 N–H and O–H groups in total. The van der Waals surface area contributed by atoms with Crippen LogP contribution >= 0.6 is 0 Å². The van der Waals surface area contributed by atoms with Gasteiger partial charge >= 0.3 is 0 Å². The Kier molecular flexibility index (Phi) is 3.52. The highest BCUT2D eigenvalue weighted by Gasteiger charge is 2.34. The van der Waals surface area contributed by atoms with Gasteiger partial charge in [0.05, 0.1) is 5.60 Å². The molecule has 20 heavy (non-hydrogen) atoms. The summed E-state index contributed by atoms with van der Waals surface area (Å²) >= 11 is 0. The van der Waals surface area contributed by atoms with E-state index >= 15 is 0 Å². The Morgan fingerprint density at radius 1 is 1.45 bits per heavy atom. The fourth-order valence-corrected chi connectivity index (χ4v) is 2.99. The number of anilines is 1. The SMILES string of the molecule is Cc1cccc2c1N(C(=O)COC1(C)CNC1)CCC2. The minimum Gasteiger partial charge on any atom is -0.363 e. The lowest BCUT2D eigenvalue weighted by Crippen LogP contribution is -2.59. The summed E-state index contributed by atoms with van der Waals surface area (Å²) in [5.41, 5.74) is 3.39. The highest BCUT2D eigenvalue weighted by atomic mass is 16.5. The monoisotopic (exact) mass is 274 g/mol. The van der Waals surface area contributed by atoms with Crippen LogP contribution in [0.15, 0.2) is 18.2 Å². The number of carbonyl (C=O) groups is 1. The quantitative estimate of drug-likeness (QED) is 0.911. The molecule has 1 fully saturated rings. The lowest BCUT2D eigenvalue weighted by molar-refractivity contribution is -0.133. The first-order valence-corrected chi connectivity index (χ1v) is 7.33. The van der Waals surface area contributed by atoms with Crippen LogP contribution in [0.25, 0.3) is 0 Å². The molecular formula is C16H22N2O2. The molecule has 2 aliphatic heterocycles. The second-order valence-electron chi connectivity index (χ2n) is 6.07. The highest BCUT2D eigenvalue weighted by Crippen LogP contribution is 2.30. The fraction of sp³-hybridized carbons (Fsp3) is 0.562. The van der Waals surface area contributed by atoms with Crippen LogP contribution < -0.4 is 10.2 Å². The topological polar surface area (TPSA) is 41.6 Å². The largest absolute Gasteiger partial charge is 0.363 e. The first-order valence-electron chi connectivity index (χ1n) is 7.33. The third-order valence-electron chi connectivity index (χ3n) is 4.26. The Hall–Kier alpha value is -1.39. The smallest absolute Gasteiger partial charge is 0.253 e. The predicted molar refractivity (Wildman–Crippen MR) is 79.1 cm³/mol. The van der Waals surface area contributed by atoms with Gasteiger partial charge in [-0.3, -0.25) is 4.79 Å². The Morgan fingerprint density at radius 3 is 2.95 bits per heavy atom. The minimum atomic E-state index is -0.167. The van der Waals surface area contributed by atoms with E-state index in [0.717, 1.165) is 38.2 Å². The summed E-state index contributed by atoms with van der Waals surface area (Å²) in [6.45, 7) is 6.75. The molecule has 1 amide bonds. The second-order valence-corrected chi connectivity index (χ2v) is 6.07. The highest BCUT2D eigenvalue weighted by molar-refractivity contribution is 5.96. The summed E-state index contributed by atoms with van der Waals surface area (Å²) in [6, 6.07) is 6.27. The number of nitrogens with zero attached hydrogens (tertiary/aromatic N) is 1. The Morgan fingerprint density at radius 2 is 2.25 bits per heavy atom. The van der Waals surface area contributed by atoms with Gasteiger partial charge in [0.1, 0.15) is 6.61 Å². The van der Waals surface area contributed by atoms with Gasteiger partial charge in [0.2, 0.25) is 0 Å². The van der Waals surface area contributed by atoms with Gasteiger partial charge in [0.15, 0.2) is 0 Å². The van der Waals surface area contributed by atoms with Crippen molar-refractivity contribution < 1.29 is 9.53 Å². The molecule has 2 aliphatic rings. The van der Waals surface area contributed by atoms with E-state index < -0.39 is 0 Å². The van der Waals surface area contributed by atoms with Crippen molar-refractivity contribution >= 4 is 11.6 Å². The zero-order valence-corrected chi connectivity index (χ0v) is 12.2. The van der Waals surface area contributed by atoms with Crippen LogP contribution in [0.4, 0.5) is 5.69 Å². The lowest BCUT2D eigenvalue weighted by Gasteiger charge is -2.39. The van der Waals surface area contributed by atoms with Crippen molar-refractivity contribution in [1.82, 2.24) is 5.32 Å². The van der Waals surface area contributed by atoms with E-state index in [9.17, 15) is 4.79 Å². The van der Waals surface area contributed by atoms with Crippen molar-refractivity contribution in [2.75, 3.05) is 31.1 Å². The number of ether oxygens (including phenoxy) is 1. The van der Waals surface area contributed by atoms with Crippen molar-refractivity contribution in [3.8, 4) is 0 Å². The number of hydrogen-bond acceptors (Lipinski definition) is 3. The molecule has 0 aliphatic carbocycles. The van der Waals surface area contributed by atoms with E-state index in [0.29, 0.717) is 0 Å². The zero-order chi connectivity index (χ0) is 14.2. The van der Waals surface area contributed by atoms with Crippen LogP contribution in [0.2, 0.25) is 0 Å². The molecule has 1 aromatic rings. The van der Waals surface area contributed by atoms with Gasteiger partial charge in [-0.05, 0) is 37.8 Å². The summed E-state index contributed by atoms with van der Waals surface area (Å²) in [6.07, 6.45) is 2.09. The van der Waals surface area contributed by atoms with Crippen molar-refractivity contribution in [2.45, 2.75) is 32.3 Å². The van der Waals surface area contributed by atoms with E-state index in [1.54, 1.807) is 0 Å². The van der Waals surface area contributed by atoms with Crippen LogP contribution in [0, 0.1) is 6.92 Å². The maximum absolute atomic E-state index is 12.5. The molecule has 0 unspecified atom stereocenters. The summed E-state index contributed by atoms with van der Waals surface area (Å²) in [4.78, 5) is 14.4. The van der Waals surface area contributed by atoms with Gasteiger partial charge in [-0.15, -0.1) is 0 Å². The van der Waals surface area contributed by atoms with Crippen LogP contribution in [0.5, 0.6) is 0 Å². The Labute approximate surface area is 120 Å². The molecular weight excluding hydrogens is 252 g/mol. The van der Waals surface area contributed by atoms with E-state index in [-0.39, 0.29) is 18.1 Å². The number of hydrogen-bond donors (Lipinski definition) is 1. The molecule has 0 aromatic heterocycles. The summed E-state index contributed by atoms with van der Waals surface area (Å²) in [7, 11) is 0. The van der Waals surface area contributed by atoms with Crippen LogP contribution in [0.3, 0.4) is 0 Å². The molecule has 1 aromatic carbocycles. The number of carbonyl (C=O) groups excluding carboxylic acids is 1. The number of rotatable bonds is 3. The predicted octanol–water partition coefficient (Wildman–Crippen LogP) is 1.65. The first kappa shape index (κ1) is 13.6. The maximum atomic E-state index is 12.5. The number of benzene rings is 1. The maximum Gasteiger partial charge on any atom is 0.253 e. The molecule has 1 saturated heterocycles. The number of para-hydroxylation sites is 1. The molecule has 3 rings (SSSR count). The van der Waals surface area contributed by atoms with Gasteiger partial charge in [-0.25, -0.2) is 0 Å². The average Bonchev–Trinajstić information content (AvgIpc) is 2.42. The number of nitrogens with one attached hydrogen (secondary N) is 1. The van der Waals surface area contributed by atoms with E-state index in [2.05, 4.69) is 30.4 Å². The van der Waals surface area contributed by atoms with E-state index in [1.165, 1.54) is 11.1 Å². The van der Waals surface area contributed by atoms with Gasteiger partial charge in [-0.2, -0.15) is 0 Å². The summed E-state index contributed by atoms with van der Waals surface area (Å²) < 4.78 is 5.78. The fourth-order valence-electron chi connectivity index (χ4n) is 2.99. The lowest BCUT2D eigenvalue weighted by atomic mass is 9.98. The standard InChI is InChI=1S/C16H22N2O2/c1-12-5-3-6-13-7-4-8-18(15(12)13)14(19)9-20-16(2)10-17-11-16/h3,5-6,17H,4,7-11H2,1-2H3.